The van der Waals surface area contributed by atoms with Crippen LogP contribution in [0.25, 0.3) is 0 Å². The molecule has 0 aliphatic carbocycles. The fourth-order valence-electron chi connectivity index (χ4n) is 2.21. The molecular weight excluding hydrogens is 775 g/mol. The highest BCUT2D eigenvalue weighted by Crippen LogP contribution is 2.54. The highest BCUT2D eigenvalue weighted by atomic mass is 79.9. The number of rotatable bonds is 5. The summed E-state index contributed by atoms with van der Waals surface area (Å²) in [5.41, 5.74) is 0. The van der Waals surface area contributed by atoms with Crippen molar-refractivity contribution < 1.29 is 13.6 Å². The predicted octanol–water partition coefficient (Wildman–Crippen LogP) is 9.24. The molecule has 0 aliphatic rings. The molecule has 0 N–H and O–H groups in total. The van der Waals surface area contributed by atoms with Gasteiger partial charge in [-0.15, -0.1) is 0 Å². The van der Waals surface area contributed by atoms with Gasteiger partial charge in [0.05, 0.1) is 23.2 Å². The van der Waals surface area contributed by atoms with Crippen LogP contribution < -0.4 is 14.4 Å². The molecule has 0 unspecified atom stereocenters. The van der Waals surface area contributed by atoms with E-state index < -0.39 is 7.60 Å². The highest BCUT2D eigenvalue weighted by molar-refractivity contribution is 9.12. The third-order valence-corrected chi connectivity index (χ3v) is 8.47. The standard InChI is InChI=1S/C18H9Br6O3P/c19-10-6-13(21)17(14(22)7-10)26-28(25,12-4-2-1-3-5-12)27-18-15(23)8-11(20)9-16(18)24/h1-9H. The van der Waals surface area contributed by atoms with Crippen molar-refractivity contribution in [1.82, 2.24) is 0 Å². The Hall–Kier alpha value is 0.370. The maximum absolute atomic E-state index is 14.0. The second-order valence-electron chi connectivity index (χ2n) is 5.41. The van der Waals surface area contributed by atoms with Crippen LogP contribution >= 0.6 is 103 Å². The Kier molecular flexibility index (Phi) is 7.96. The zero-order valence-corrected chi connectivity index (χ0v) is 24.0. The summed E-state index contributed by atoms with van der Waals surface area (Å²) in [5, 5.41) is 0.429. The van der Waals surface area contributed by atoms with Gasteiger partial charge >= 0.3 is 7.60 Å². The predicted molar refractivity (Wildman–Crippen MR) is 134 cm³/mol. The molecule has 28 heavy (non-hydrogen) atoms. The molecule has 0 atom stereocenters. The van der Waals surface area contributed by atoms with Gasteiger partial charge in [-0.25, -0.2) is 4.57 Å². The van der Waals surface area contributed by atoms with Gasteiger partial charge in [0.2, 0.25) is 0 Å². The molecule has 0 fully saturated rings. The van der Waals surface area contributed by atoms with E-state index in [9.17, 15) is 4.57 Å². The largest absolute Gasteiger partial charge is 0.462 e. The molecule has 0 bridgehead atoms. The van der Waals surface area contributed by atoms with E-state index in [0.717, 1.165) is 8.95 Å². The van der Waals surface area contributed by atoms with Crippen LogP contribution in [-0.2, 0) is 4.57 Å². The lowest BCUT2D eigenvalue weighted by atomic mass is 10.3. The molecule has 146 valence electrons. The van der Waals surface area contributed by atoms with Crippen molar-refractivity contribution in [3.05, 3.63) is 81.4 Å². The van der Waals surface area contributed by atoms with E-state index in [2.05, 4.69) is 95.6 Å². The average Bonchev–Trinajstić information content (AvgIpc) is 2.62. The molecule has 0 aliphatic heterocycles. The summed E-state index contributed by atoms with van der Waals surface area (Å²) in [7, 11) is -3.80. The minimum Gasteiger partial charge on any atom is -0.410 e. The van der Waals surface area contributed by atoms with Crippen LogP contribution in [0.15, 0.2) is 81.4 Å². The summed E-state index contributed by atoms with van der Waals surface area (Å²) in [6.45, 7) is 0. The number of halogens is 6. The average molecular weight is 784 g/mol. The van der Waals surface area contributed by atoms with Gasteiger partial charge in [0.25, 0.3) is 0 Å². The topological polar surface area (TPSA) is 35.5 Å². The van der Waals surface area contributed by atoms with E-state index in [-0.39, 0.29) is 0 Å². The van der Waals surface area contributed by atoms with Crippen molar-refractivity contribution >= 4 is 108 Å². The first-order valence-electron chi connectivity index (χ1n) is 7.53. The second-order valence-corrected chi connectivity index (χ2v) is 12.5. The van der Waals surface area contributed by atoms with Gasteiger partial charge in [0.15, 0.2) is 11.5 Å². The van der Waals surface area contributed by atoms with Gasteiger partial charge in [-0.2, -0.15) is 0 Å². The summed E-state index contributed by atoms with van der Waals surface area (Å²) in [5.74, 6) is 0.750. The first-order chi connectivity index (χ1) is 13.2. The number of hydrogen-bond donors (Lipinski definition) is 0. The highest BCUT2D eigenvalue weighted by Gasteiger charge is 2.34. The molecular formula is C18H9Br6O3P. The Bertz CT molecular complexity index is 965. The Morgan fingerprint density at radius 1 is 0.607 bits per heavy atom. The molecule has 0 heterocycles. The third-order valence-electron chi connectivity index (χ3n) is 3.42. The van der Waals surface area contributed by atoms with Crippen molar-refractivity contribution in [2.45, 2.75) is 0 Å². The molecule has 0 saturated carbocycles. The van der Waals surface area contributed by atoms with Crippen molar-refractivity contribution in [1.29, 1.82) is 0 Å². The molecule has 3 nitrogen and oxygen atoms in total. The fraction of sp³-hybridized carbons (Fsp3) is 0. The van der Waals surface area contributed by atoms with E-state index >= 15 is 0 Å². The van der Waals surface area contributed by atoms with Gasteiger partial charge in [0.1, 0.15) is 0 Å². The normalized spacial score (nSPS) is 11.4. The van der Waals surface area contributed by atoms with Crippen LogP contribution in [0.1, 0.15) is 0 Å². The molecule has 0 aromatic heterocycles. The van der Waals surface area contributed by atoms with E-state index in [1.54, 1.807) is 48.5 Å². The first-order valence-corrected chi connectivity index (χ1v) is 13.8. The van der Waals surface area contributed by atoms with Crippen molar-refractivity contribution in [2.75, 3.05) is 0 Å². The van der Waals surface area contributed by atoms with Gasteiger partial charge in [-0.3, -0.25) is 0 Å². The van der Waals surface area contributed by atoms with Crippen LogP contribution in [0.2, 0.25) is 0 Å². The minimum absolute atomic E-state index is 0.375. The summed E-state index contributed by atoms with van der Waals surface area (Å²) in [6.07, 6.45) is 0. The van der Waals surface area contributed by atoms with Crippen LogP contribution in [0.4, 0.5) is 0 Å². The van der Waals surface area contributed by atoms with E-state index in [0.29, 0.717) is 34.7 Å². The van der Waals surface area contributed by atoms with Crippen LogP contribution in [0.5, 0.6) is 11.5 Å². The quantitative estimate of drug-likeness (QED) is 0.242. The Morgan fingerprint density at radius 2 is 0.964 bits per heavy atom. The third kappa shape index (κ3) is 5.34. The molecule has 3 aromatic rings. The van der Waals surface area contributed by atoms with E-state index in [4.69, 9.17) is 9.05 Å². The summed E-state index contributed by atoms with van der Waals surface area (Å²) in [6, 6.07) is 16.1. The molecule has 0 spiro atoms. The minimum atomic E-state index is -3.80. The van der Waals surface area contributed by atoms with Crippen LogP contribution in [-0.4, -0.2) is 0 Å². The SMILES string of the molecule is O=P(Oc1c(Br)cc(Br)cc1Br)(Oc1c(Br)cc(Br)cc1Br)c1ccccc1. The van der Waals surface area contributed by atoms with Crippen molar-refractivity contribution in [3.63, 3.8) is 0 Å². The molecule has 0 amide bonds. The van der Waals surface area contributed by atoms with Gasteiger partial charge in [0, 0.05) is 8.95 Å². The zero-order valence-electron chi connectivity index (χ0n) is 13.6. The number of benzene rings is 3. The van der Waals surface area contributed by atoms with E-state index in [1.807, 2.05) is 6.07 Å². The molecule has 3 rings (SSSR count). The molecule has 3 aromatic carbocycles. The fourth-order valence-corrected chi connectivity index (χ4v) is 9.21. The lowest BCUT2D eigenvalue weighted by molar-refractivity contribution is 0.395. The zero-order chi connectivity index (χ0) is 20.5. The summed E-state index contributed by atoms with van der Waals surface area (Å²) >= 11 is 20.7. The van der Waals surface area contributed by atoms with E-state index in [1.165, 1.54) is 0 Å². The summed E-state index contributed by atoms with van der Waals surface area (Å²) < 4.78 is 30.2. The van der Waals surface area contributed by atoms with Gasteiger partial charge in [-0.1, -0.05) is 50.1 Å². The maximum Gasteiger partial charge on any atom is 0.462 e. The molecule has 0 saturated heterocycles. The van der Waals surface area contributed by atoms with Gasteiger partial charge in [-0.05, 0) is 100 Å². The first kappa shape index (κ1) is 23.0. The van der Waals surface area contributed by atoms with Crippen LogP contribution in [0, 0.1) is 0 Å². The molecule has 10 heteroatoms. The Labute approximate surface area is 212 Å². The lowest BCUT2D eigenvalue weighted by Crippen LogP contribution is -2.15. The van der Waals surface area contributed by atoms with Gasteiger partial charge < -0.3 is 9.05 Å². The van der Waals surface area contributed by atoms with Crippen molar-refractivity contribution in [3.8, 4) is 11.5 Å². The Balaban J connectivity index is 2.12. The smallest absolute Gasteiger partial charge is 0.410 e. The number of hydrogen-bond acceptors (Lipinski definition) is 3. The van der Waals surface area contributed by atoms with Crippen molar-refractivity contribution in [2.24, 2.45) is 0 Å². The maximum atomic E-state index is 14.0. The lowest BCUT2D eigenvalue weighted by Gasteiger charge is -2.23. The summed E-state index contributed by atoms with van der Waals surface area (Å²) in [4.78, 5) is 0. The van der Waals surface area contributed by atoms with Crippen LogP contribution in [0.3, 0.4) is 0 Å². The second kappa shape index (κ2) is 9.67. The monoisotopic (exact) mass is 778 g/mol. The Morgan fingerprint density at radius 3 is 1.32 bits per heavy atom. The molecule has 0 radical (unpaired) electrons.